The predicted molar refractivity (Wildman–Crippen MR) is 57.8 cm³/mol. The number of rotatable bonds is 2. The molecule has 1 aromatic carbocycles. The largest absolute Gasteiger partial charge is 0.496 e. The number of methoxy groups -OCH3 is 1. The van der Waals surface area contributed by atoms with Gasteiger partial charge in [0.05, 0.1) is 12.4 Å². The first kappa shape index (κ1) is 9.59. The van der Waals surface area contributed by atoms with Crippen LogP contribution >= 0.6 is 11.8 Å². The number of Topliss-reactive ketones (excluding diaryl/α,β-unsaturated/α-hetero) is 1. The van der Waals surface area contributed by atoms with Crippen LogP contribution in [0.5, 0.6) is 5.75 Å². The molecular weight excluding hydrogens is 196 g/mol. The molecule has 1 fully saturated rings. The van der Waals surface area contributed by atoms with Crippen molar-refractivity contribution in [1.82, 2.24) is 0 Å². The number of benzene rings is 1. The van der Waals surface area contributed by atoms with Gasteiger partial charge in [-0.15, -0.1) is 11.8 Å². The maximum Gasteiger partial charge on any atom is 0.151 e. The average Bonchev–Trinajstić information content (AvgIpc) is 2.64. The van der Waals surface area contributed by atoms with Crippen molar-refractivity contribution in [3.8, 4) is 5.75 Å². The predicted octanol–water partition coefficient (Wildman–Crippen LogP) is 2.44. The van der Waals surface area contributed by atoms with Crippen molar-refractivity contribution in [1.29, 1.82) is 0 Å². The summed E-state index contributed by atoms with van der Waals surface area (Å²) in [6.07, 6.45) is 0.688. The van der Waals surface area contributed by atoms with Crippen molar-refractivity contribution >= 4 is 17.5 Å². The Morgan fingerprint density at radius 1 is 1.43 bits per heavy atom. The number of hydrogen-bond donors (Lipinski definition) is 0. The number of carbonyl (C=O) groups excluding carboxylic acids is 1. The molecule has 0 N–H and O–H groups in total. The highest BCUT2D eigenvalue weighted by atomic mass is 32.2. The Kier molecular flexibility index (Phi) is 2.77. The first-order chi connectivity index (χ1) is 6.83. The number of ketones is 1. The van der Waals surface area contributed by atoms with E-state index in [4.69, 9.17) is 4.74 Å². The minimum atomic E-state index is -0.00819. The van der Waals surface area contributed by atoms with E-state index < -0.39 is 0 Å². The zero-order chi connectivity index (χ0) is 9.97. The Hall–Kier alpha value is -0.960. The Morgan fingerprint density at radius 2 is 2.21 bits per heavy atom. The summed E-state index contributed by atoms with van der Waals surface area (Å²) < 4.78 is 5.24. The smallest absolute Gasteiger partial charge is 0.151 e. The van der Waals surface area contributed by atoms with Gasteiger partial charge in [-0.2, -0.15) is 0 Å². The molecule has 2 rings (SSSR count). The van der Waals surface area contributed by atoms with Crippen LogP contribution in [0.4, 0.5) is 0 Å². The zero-order valence-corrected chi connectivity index (χ0v) is 8.84. The van der Waals surface area contributed by atoms with Gasteiger partial charge in [0, 0.05) is 17.7 Å². The Bertz CT molecular complexity index is 349. The molecule has 1 aromatic rings. The fraction of sp³-hybridized carbons (Fsp3) is 0.364. The topological polar surface area (TPSA) is 26.3 Å². The molecule has 1 aliphatic heterocycles. The highest BCUT2D eigenvalue weighted by Gasteiger charge is 2.28. The van der Waals surface area contributed by atoms with Crippen LogP contribution in [0.2, 0.25) is 0 Å². The van der Waals surface area contributed by atoms with E-state index in [0.29, 0.717) is 12.2 Å². The van der Waals surface area contributed by atoms with Crippen LogP contribution in [0, 0.1) is 0 Å². The van der Waals surface area contributed by atoms with Gasteiger partial charge in [-0.3, -0.25) is 4.79 Å². The summed E-state index contributed by atoms with van der Waals surface area (Å²) in [5, 5.41) is -0.00819. The van der Waals surface area contributed by atoms with Gasteiger partial charge >= 0.3 is 0 Å². The molecule has 0 radical (unpaired) electrons. The van der Waals surface area contributed by atoms with Crippen molar-refractivity contribution in [2.45, 2.75) is 11.7 Å². The standard InChI is InChI=1S/C11H12O2S/c1-13-10-5-3-2-4-8(10)11-9(12)6-7-14-11/h2-5,11H,6-7H2,1H3. The summed E-state index contributed by atoms with van der Waals surface area (Å²) in [6.45, 7) is 0. The van der Waals surface area contributed by atoms with Gasteiger partial charge in [0.25, 0.3) is 0 Å². The van der Waals surface area contributed by atoms with Crippen LogP contribution in [-0.2, 0) is 4.79 Å². The maximum atomic E-state index is 11.6. The third-order valence-electron chi connectivity index (χ3n) is 2.35. The van der Waals surface area contributed by atoms with Gasteiger partial charge in [0.15, 0.2) is 5.78 Å². The average molecular weight is 208 g/mol. The number of hydrogen-bond acceptors (Lipinski definition) is 3. The van der Waals surface area contributed by atoms with Crippen molar-refractivity contribution in [2.24, 2.45) is 0 Å². The van der Waals surface area contributed by atoms with Crippen molar-refractivity contribution < 1.29 is 9.53 Å². The summed E-state index contributed by atoms with van der Waals surface area (Å²) in [5.74, 6) is 2.07. The van der Waals surface area contributed by atoms with Crippen LogP contribution < -0.4 is 4.74 Å². The Labute approximate surface area is 87.6 Å². The van der Waals surface area contributed by atoms with E-state index in [9.17, 15) is 4.79 Å². The fourth-order valence-corrected chi connectivity index (χ4v) is 2.88. The van der Waals surface area contributed by atoms with E-state index in [2.05, 4.69) is 0 Å². The van der Waals surface area contributed by atoms with Crippen LogP contribution in [0.3, 0.4) is 0 Å². The highest BCUT2D eigenvalue weighted by molar-refractivity contribution is 8.00. The molecule has 1 saturated heterocycles. The molecule has 0 aliphatic carbocycles. The molecule has 0 bridgehead atoms. The van der Waals surface area contributed by atoms with Gasteiger partial charge in [-0.05, 0) is 6.07 Å². The van der Waals surface area contributed by atoms with Gasteiger partial charge in [-0.1, -0.05) is 18.2 Å². The highest BCUT2D eigenvalue weighted by Crippen LogP contribution is 2.40. The van der Waals surface area contributed by atoms with E-state index in [0.717, 1.165) is 17.1 Å². The molecule has 2 nitrogen and oxygen atoms in total. The summed E-state index contributed by atoms with van der Waals surface area (Å²) in [7, 11) is 1.64. The van der Waals surface area contributed by atoms with Crippen molar-refractivity contribution in [3.05, 3.63) is 29.8 Å². The number of para-hydroxylation sites is 1. The second-order valence-corrected chi connectivity index (χ2v) is 4.42. The lowest BCUT2D eigenvalue weighted by Gasteiger charge is -2.12. The molecule has 14 heavy (non-hydrogen) atoms. The van der Waals surface area contributed by atoms with Crippen molar-refractivity contribution in [3.63, 3.8) is 0 Å². The molecule has 1 aliphatic rings. The van der Waals surface area contributed by atoms with Gasteiger partial charge in [0.1, 0.15) is 5.75 Å². The molecule has 1 heterocycles. The molecule has 0 amide bonds. The molecule has 0 spiro atoms. The zero-order valence-electron chi connectivity index (χ0n) is 8.03. The van der Waals surface area contributed by atoms with E-state index in [-0.39, 0.29) is 5.25 Å². The number of ether oxygens (including phenoxy) is 1. The minimum Gasteiger partial charge on any atom is -0.496 e. The molecular formula is C11H12O2S. The monoisotopic (exact) mass is 208 g/mol. The van der Waals surface area contributed by atoms with E-state index in [1.54, 1.807) is 18.9 Å². The molecule has 0 saturated carbocycles. The van der Waals surface area contributed by atoms with Gasteiger partial charge in [0.2, 0.25) is 0 Å². The normalized spacial score (nSPS) is 21.2. The lowest BCUT2D eigenvalue weighted by molar-refractivity contribution is -0.117. The third kappa shape index (κ3) is 1.64. The summed E-state index contributed by atoms with van der Waals surface area (Å²) in [4.78, 5) is 11.6. The molecule has 1 atom stereocenters. The fourth-order valence-electron chi connectivity index (χ4n) is 1.65. The minimum absolute atomic E-state index is 0.00819. The lowest BCUT2D eigenvalue weighted by atomic mass is 10.1. The first-order valence-electron chi connectivity index (χ1n) is 4.60. The van der Waals surface area contributed by atoms with Crippen molar-refractivity contribution in [2.75, 3.05) is 12.9 Å². The maximum absolute atomic E-state index is 11.6. The van der Waals surface area contributed by atoms with Crippen LogP contribution in [0.1, 0.15) is 17.2 Å². The van der Waals surface area contributed by atoms with Gasteiger partial charge < -0.3 is 4.74 Å². The number of carbonyl (C=O) groups is 1. The van der Waals surface area contributed by atoms with Crippen LogP contribution in [0.25, 0.3) is 0 Å². The van der Waals surface area contributed by atoms with Gasteiger partial charge in [-0.25, -0.2) is 0 Å². The Morgan fingerprint density at radius 3 is 2.86 bits per heavy atom. The molecule has 74 valence electrons. The quantitative estimate of drug-likeness (QED) is 0.746. The third-order valence-corrected chi connectivity index (χ3v) is 3.64. The van der Waals surface area contributed by atoms with Crippen LogP contribution in [0.15, 0.2) is 24.3 Å². The van der Waals surface area contributed by atoms with E-state index in [1.807, 2.05) is 24.3 Å². The second-order valence-electron chi connectivity index (χ2n) is 3.21. The summed E-state index contributed by atoms with van der Waals surface area (Å²) in [5.41, 5.74) is 1.02. The SMILES string of the molecule is COc1ccccc1C1SCCC1=O. The number of thioether (sulfide) groups is 1. The second kappa shape index (κ2) is 4.05. The molecule has 3 heteroatoms. The first-order valence-corrected chi connectivity index (χ1v) is 5.65. The van der Waals surface area contributed by atoms with Crippen LogP contribution in [-0.4, -0.2) is 18.6 Å². The Balaban J connectivity index is 2.35. The van der Waals surface area contributed by atoms with E-state index in [1.165, 1.54) is 0 Å². The summed E-state index contributed by atoms with van der Waals surface area (Å²) >= 11 is 1.70. The summed E-state index contributed by atoms with van der Waals surface area (Å²) in [6, 6.07) is 7.75. The molecule has 0 aromatic heterocycles. The van der Waals surface area contributed by atoms with E-state index >= 15 is 0 Å². The molecule has 1 unspecified atom stereocenters. The lowest BCUT2D eigenvalue weighted by Crippen LogP contribution is -2.03.